The number of nitrogens with zero attached hydrogens (tertiary/aromatic N) is 2. The first-order valence-electron chi connectivity index (χ1n) is 9.32. The monoisotopic (exact) mass is 559 g/mol. The smallest absolute Gasteiger partial charge is 0.387 e. The fourth-order valence-electron chi connectivity index (χ4n) is 3.07. The van der Waals surface area contributed by atoms with Gasteiger partial charge < -0.3 is 40.3 Å². The number of anilines is 1. The Hall–Kier alpha value is -1.81. The molecule has 194 valence electrons. The Morgan fingerprint density at radius 3 is 2.23 bits per heavy atom. The van der Waals surface area contributed by atoms with Crippen LogP contribution in [0.3, 0.4) is 0 Å². The highest BCUT2D eigenvalue weighted by atomic mass is 31.3. The van der Waals surface area contributed by atoms with Gasteiger partial charge in [-0.15, -0.1) is 0 Å². The summed E-state index contributed by atoms with van der Waals surface area (Å²) in [6, 6.07) is 8.50. The van der Waals surface area contributed by atoms with Crippen LogP contribution in [0.5, 0.6) is 0 Å². The minimum atomic E-state index is -5.75. The summed E-state index contributed by atoms with van der Waals surface area (Å²) in [7, 11) is -16.8. The van der Waals surface area contributed by atoms with Gasteiger partial charge in [-0.1, -0.05) is 30.3 Å². The van der Waals surface area contributed by atoms with Crippen LogP contribution in [0.25, 0.3) is 11.1 Å². The number of hydrogen-bond donors (Lipinski definition) is 7. The minimum Gasteiger partial charge on any atom is -0.387 e. The van der Waals surface area contributed by atoms with Crippen LogP contribution in [0, 0.1) is 0 Å². The van der Waals surface area contributed by atoms with Crippen LogP contribution >= 0.6 is 23.5 Å². The number of nitrogens with two attached hydrogens (primary N) is 1. The Labute approximate surface area is 195 Å². The Balaban J connectivity index is 1.76. The molecule has 17 nitrogen and oxygen atoms in total. The number of phosphoric acid groups is 3. The van der Waals surface area contributed by atoms with Crippen molar-refractivity contribution in [3.05, 3.63) is 47.0 Å². The van der Waals surface area contributed by atoms with Gasteiger partial charge in [0, 0.05) is 11.8 Å². The van der Waals surface area contributed by atoms with Crippen molar-refractivity contribution in [1.29, 1.82) is 0 Å². The SMILES string of the molecule is Nc1nc(=O)n([C@@H]2O[C@H](COP(=O)(O)OP(=O)(O)OP(=O)(O)O)[C@H](O)C2O)cc1-c1ccccc1. The highest BCUT2D eigenvalue weighted by Gasteiger charge is 2.47. The number of hydrogen-bond acceptors (Lipinski definition) is 12. The van der Waals surface area contributed by atoms with Crippen LogP contribution in [0.2, 0.25) is 0 Å². The summed E-state index contributed by atoms with van der Waals surface area (Å²) in [5.74, 6) is -0.116. The zero-order valence-electron chi connectivity index (χ0n) is 17.2. The lowest BCUT2D eigenvalue weighted by Gasteiger charge is -2.19. The van der Waals surface area contributed by atoms with E-state index in [0.717, 1.165) is 4.57 Å². The van der Waals surface area contributed by atoms with E-state index in [1.165, 1.54) is 6.20 Å². The molecule has 8 N–H and O–H groups in total. The molecule has 3 unspecified atom stereocenters. The first-order valence-corrected chi connectivity index (χ1v) is 13.8. The van der Waals surface area contributed by atoms with E-state index in [0.29, 0.717) is 11.1 Å². The maximum Gasteiger partial charge on any atom is 0.490 e. The van der Waals surface area contributed by atoms with Gasteiger partial charge >= 0.3 is 29.2 Å². The molecule has 0 spiro atoms. The van der Waals surface area contributed by atoms with E-state index in [9.17, 15) is 33.6 Å². The molecule has 2 heterocycles. The molecule has 0 amide bonds. The summed E-state index contributed by atoms with van der Waals surface area (Å²) in [6.45, 7) is -1.04. The van der Waals surface area contributed by atoms with E-state index < -0.39 is 60.3 Å². The lowest BCUT2D eigenvalue weighted by Crippen LogP contribution is -2.36. The largest absolute Gasteiger partial charge is 0.490 e. The second-order valence-corrected chi connectivity index (χ2v) is 11.4. The van der Waals surface area contributed by atoms with E-state index >= 15 is 0 Å². The van der Waals surface area contributed by atoms with Gasteiger partial charge in [-0.2, -0.15) is 13.6 Å². The van der Waals surface area contributed by atoms with E-state index in [1.807, 2.05) is 0 Å². The third-order valence-corrected chi connectivity index (χ3v) is 8.30. The first-order chi connectivity index (χ1) is 16.1. The van der Waals surface area contributed by atoms with Crippen LogP contribution in [0.1, 0.15) is 6.23 Å². The fraction of sp³-hybridized carbons (Fsp3) is 0.333. The van der Waals surface area contributed by atoms with Crippen LogP contribution in [0.15, 0.2) is 41.3 Å². The van der Waals surface area contributed by atoms with Gasteiger partial charge in [-0.05, 0) is 5.56 Å². The highest BCUT2D eigenvalue weighted by Crippen LogP contribution is 2.66. The van der Waals surface area contributed by atoms with Crippen molar-refractivity contribution >= 4 is 29.3 Å². The van der Waals surface area contributed by atoms with Gasteiger partial charge in [0.2, 0.25) is 0 Å². The zero-order valence-corrected chi connectivity index (χ0v) is 19.9. The molecular formula is C15H20N3O14P3. The number of rotatable bonds is 9. The molecule has 1 fully saturated rings. The van der Waals surface area contributed by atoms with Crippen LogP contribution in [0.4, 0.5) is 5.82 Å². The van der Waals surface area contributed by atoms with Crippen molar-refractivity contribution in [3.8, 4) is 11.1 Å². The van der Waals surface area contributed by atoms with Crippen molar-refractivity contribution in [2.45, 2.75) is 24.5 Å². The van der Waals surface area contributed by atoms with Gasteiger partial charge in [0.1, 0.15) is 24.1 Å². The number of phosphoric ester groups is 1. The zero-order chi connectivity index (χ0) is 26.2. The summed E-state index contributed by atoms with van der Waals surface area (Å²) in [4.78, 5) is 51.8. The molecule has 1 aromatic heterocycles. The molecule has 1 aliphatic rings. The van der Waals surface area contributed by atoms with E-state index in [-0.39, 0.29) is 5.82 Å². The first kappa shape index (κ1) is 27.8. The van der Waals surface area contributed by atoms with Crippen LogP contribution in [-0.2, 0) is 31.6 Å². The lowest BCUT2D eigenvalue weighted by molar-refractivity contribution is -0.0540. The second kappa shape index (κ2) is 10.3. The third kappa shape index (κ3) is 7.12. The van der Waals surface area contributed by atoms with Crippen molar-refractivity contribution in [2.24, 2.45) is 0 Å². The van der Waals surface area contributed by atoms with E-state index in [1.54, 1.807) is 30.3 Å². The number of aliphatic hydroxyl groups is 2. The van der Waals surface area contributed by atoms with Crippen molar-refractivity contribution in [2.75, 3.05) is 12.3 Å². The van der Waals surface area contributed by atoms with Crippen molar-refractivity contribution < 1.29 is 61.4 Å². The topological polar surface area (TPSA) is 270 Å². The molecule has 0 radical (unpaired) electrons. The van der Waals surface area contributed by atoms with E-state index in [4.69, 9.17) is 25.2 Å². The molecule has 0 bridgehead atoms. The normalized spacial score (nSPS) is 26.2. The molecule has 35 heavy (non-hydrogen) atoms. The molecule has 1 aromatic carbocycles. The molecule has 2 aromatic rings. The van der Waals surface area contributed by atoms with Gasteiger partial charge in [-0.3, -0.25) is 9.09 Å². The van der Waals surface area contributed by atoms with Crippen molar-refractivity contribution in [1.82, 2.24) is 9.55 Å². The van der Waals surface area contributed by atoms with Gasteiger partial charge in [0.25, 0.3) is 0 Å². The molecular weight excluding hydrogens is 539 g/mol. The lowest BCUT2D eigenvalue weighted by atomic mass is 10.1. The molecule has 20 heteroatoms. The maximum atomic E-state index is 12.4. The number of ether oxygens (including phenoxy) is 1. The number of nitrogen functional groups attached to an aromatic ring is 1. The molecule has 3 rings (SSSR count). The van der Waals surface area contributed by atoms with Crippen LogP contribution in [-0.4, -0.2) is 64.3 Å². The van der Waals surface area contributed by atoms with Gasteiger partial charge in [0.05, 0.1) is 6.61 Å². The summed E-state index contributed by atoms with van der Waals surface area (Å²) < 4.78 is 51.7. The predicted molar refractivity (Wildman–Crippen MR) is 114 cm³/mol. The summed E-state index contributed by atoms with van der Waals surface area (Å²) in [5, 5.41) is 20.6. The Morgan fingerprint density at radius 1 is 1.00 bits per heavy atom. The maximum absolute atomic E-state index is 12.4. The van der Waals surface area contributed by atoms with Gasteiger partial charge in [0.15, 0.2) is 6.23 Å². The second-order valence-electron chi connectivity index (χ2n) is 7.03. The number of aliphatic hydroxyl groups excluding tert-OH is 2. The summed E-state index contributed by atoms with van der Waals surface area (Å²) in [6.07, 6.45) is -5.47. The third-order valence-electron chi connectivity index (χ3n) is 4.50. The molecule has 1 aliphatic heterocycles. The average Bonchev–Trinajstić information content (AvgIpc) is 2.99. The highest BCUT2D eigenvalue weighted by molar-refractivity contribution is 7.66. The van der Waals surface area contributed by atoms with E-state index in [2.05, 4.69) is 18.1 Å². The molecule has 0 aliphatic carbocycles. The molecule has 0 saturated carbocycles. The molecule has 6 atom stereocenters. The number of benzene rings is 1. The quantitative estimate of drug-likeness (QED) is 0.190. The standard InChI is InChI=1S/C15H20N3O14P3/c16-13-9(8-4-2-1-3-5-8)6-18(15(21)17-13)14-12(20)11(19)10(30-14)7-29-34(25,26)32-35(27,28)31-33(22,23)24/h1-6,10-12,14,19-20H,7H2,(H,25,26)(H,27,28)(H2,16,17,21)(H2,22,23,24)/t10-,11+,12?,14-/m1/s1. The summed E-state index contributed by atoms with van der Waals surface area (Å²) in [5.41, 5.74) is 5.74. The van der Waals surface area contributed by atoms with Crippen LogP contribution < -0.4 is 11.4 Å². The predicted octanol–water partition coefficient (Wildman–Crippen LogP) is -0.545. The minimum absolute atomic E-state index is 0.116. The Kier molecular flexibility index (Phi) is 8.16. The molecule has 1 saturated heterocycles. The van der Waals surface area contributed by atoms with Crippen molar-refractivity contribution in [3.63, 3.8) is 0 Å². The average molecular weight is 559 g/mol. The Bertz CT molecular complexity index is 1270. The van der Waals surface area contributed by atoms with Gasteiger partial charge in [-0.25, -0.2) is 18.5 Å². The fourth-order valence-corrected chi connectivity index (χ4v) is 6.10. The number of aromatic nitrogens is 2. The Morgan fingerprint density at radius 2 is 1.63 bits per heavy atom. The summed E-state index contributed by atoms with van der Waals surface area (Å²) >= 11 is 0.